The first kappa shape index (κ1) is 27.1. The average Bonchev–Trinajstić information content (AvgIpc) is 3.37. The molecule has 0 radical (unpaired) electrons. The lowest BCUT2D eigenvalue weighted by Gasteiger charge is -2.30. The van der Waals surface area contributed by atoms with E-state index >= 15 is 0 Å². The molecule has 0 spiro atoms. The van der Waals surface area contributed by atoms with Gasteiger partial charge >= 0.3 is 4.87 Å². The summed E-state index contributed by atoms with van der Waals surface area (Å²) in [5.74, 6) is -2.49. The Balaban J connectivity index is 1.40. The number of thiazole rings is 1. The van der Waals surface area contributed by atoms with Gasteiger partial charge in [0.05, 0.1) is 16.6 Å². The van der Waals surface area contributed by atoms with Crippen molar-refractivity contribution in [1.29, 1.82) is 0 Å². The van der Waals surface area contributed by atoms with Crippen molar-refractivity contribution >= 4 is 87.0 Å². The smallest absolute Gasteiger partial charge is 0.308 e. The number of imide groups is 1. The predicted octanol–water partition coefficient (Wildman–Crippen LogP) is 6.30. The first-order valence-electron chi connectivity index (χ1n) is 12.1. The van der Waals surface area contributed by atoms with Crippen molar-refractivity contribution in [2.24, 2.45) is 5.92 Å². The summed E-state index contributed by atoms with van der Waals surface area (Å²) in [6, 6.07) is 20.2. The van der Waals surface area contributed by atoms with Crippen LogP contribution < -0.4 is 15.1 Å². The van der Waals surface area contributed by atoms with Crippen molar-refractivity contribution in [2.75, 3.05) is 10.2 Å². The van der Waals surface area contributed by atoms with Crippen molar-refractivity contribution in [3.05, 3.63) is 108 Å². The van der Waals surface area contributed by atoms with Gasteiger partial charge in [-0.25, -0.2) is 4.90 Å². The van der Waals surface area contributed by atoms with E-state index in [9.17, 15) is 19.2 Å². The van der Waals surface area contributed by atoms with Crippen LogP contribution >= 0.6 is 57.9 Å². The van der Waals surface area contributed by atoms with Gasteiger partial charge < -0.3 is 5.32 Å². The summed E-state index contributed by atoms with van der Waals surface area (Å²) in [7, 11) is 0. The molecule has 0 bridgehead atoms. The zero-order chi connectivity index (χ0) is 28.1. The van der Waals surface area contributed by atoms with Gasteiger partial charge in [-0.1, -0.05) is 70.0 Å². The number of carbonyl (C=O) groups is 3. The second kappa shape index (κ2) is 10.7. The number of nitrogens with one attached hydrogen (secondary N) is 1. The maximum Gasteiger partial charge on any atom is 0.308 e. The summed E-state index contributed by atoms with van der Waals surface area (Å²) in [6.45, 7) is -0.256. The molecule has 2 aliphatic rings. The number of halogens is 3. The number of nitrogens with zero attached hydrogens (tertiary/aromatic N) is 2. The van der Waals surface area contributed by atoms with Gasteiger partial charge in [0, 0.05) is 31.6 Å². The van der Waals surface area contributed by atoms with E-state index in [4.69, 9.17) is 34.8 Å². The Morgan fingerprint density at radius 1 is 0.800 bits per heavy atom. The molecule has 3 heterocycles. The minimum absolute atomic E-state index is 0.256. The molecule has 12 heteroatoms. The molecule has 6 rings (SSSR count). The largest absolute Gasteiger partial charge is 0.325 e. The minimum atomic E-state index is -0.795. The van der Waals surface area contributed by atoms with Crippen molar-refractivity contribution in [1.82, 2.24) is 4.57 Å². The van der Waals surface area contributed by atoms with Crippen LogP contribution in [0, 0.1) is 5.92 Å². The molecule has 0 unspecified atom stereocenters. The van der Waals surface area contributed by atoms with Crippen molar-refractivity contribution < 1.29 is 14.4 Å². The molecule has 3 aromatic carbocycles. The Morgan fingerprint density at radius 2 is 1.38 bits per heavy atom. The summed E-state index contributed by atoms with van der Waals surface area (Å²) < 4.78 is 1.37. The third kappa shape index (κ3) is 4.86. The fourth-order valence-corrected chi connectivity index (χ4v) is 8.16. The number of fused-ring (bicyclic) bond motifs is 2. The van der Waals surface area contributed by atoms with Gasteiger partial charge in [0.15, 0.2) is 0 Å². The molecular weight excluding hydrogens is 613 g/mol. The second-order valence-electron chi connectivity index (χ2n) is 9.26. The van der Waals surface area contributed by atoms with E-state index in [2.05, 4.69) is 5.32 Å². The molecule has 1 N–H and O–H groups in total. The monoisotopic (exact) mass is 629 g/mol. The number of benzene rings is 3. The van der Waals surface area contributed by atoms with Crippen LogP contribution in [0.15, 0.2) is 82.6 Å². The quantitative estimate of drug-likeness (QED) is 0.261. The van der Waals surface area contributed by atoms with Crippen LogP contribution in [0.3, 0.4) is 0 Å². The van der Waals surface area contributed by atoms with E-state index in [1.807, 2.05) is 0 Å². The summed E-state index contributed by atoms with van der Waals surface area (Å²) in [6.07, 6.45) is 0. The maximum absolute atomic E-state index is 13.9. The summed E-state index contributed by atoms with van der Waals surface area (Å²) >= 11 is 20.2. The average molecular weight is 631 g/mol. The van der Waals surface area contributed by atoms with Gasteiger partial charge in [0.1, 0.15) is 11.8 Å². The molecule has 1 saturated heterocycles. The molecule has 202 valence electrons. The fourth-order valence-electron chi connectivity index (χ4n) is 5.01. The van der Waals surface area contributed by atoms with Crippen LogP contribution in [0.2, 0.25) is 15.1 Å². The third-order valence-corrected chi connectivity index (χ3v) is 10.2. The van der Waals surface area contributed by atoms with Gasteiger partial charge in [0.2, 0.25) is 17.7 Å². The van der Waals surface area contributed by atoms with Crippen LogP contribution in [0.1, 0.15) is 16.4 Å². The number of hydrogen-bond acceptors (Lipinski definition) is 6. The lowest BCUT2D eigenvalue weighted by Crippen LogP contribution is -2.33. The van der Waals surface area contributed by atoms with Crippen LogP contribution in [-0.2, 0) is 20.9 Å². The summed E-state index contributed by atoms with van der Waals surface area (Å²) in [4.78, 5) is 55.3. The van der Waals surface area contributed by atoms with Gasteiger partial charge in [-0.15, -0.1) is 0 Å². The standard InChI is InChI=1S/C28H18Cl3N3O4S2/c29-15-3-1-14(2-4-15)21-22-23(26(37)34(25(22)36)19-11-7-17(31)8-12-19)39-27-24(21)40-28(38)33(27)13-20(35)32-18-9-5-16(30)6-10-18/h1-12,21-23H,13H2,(H,32,35)/t21-,22+,23-/m0/s1. The highest BCUT2D eigenvalue weighted by Crippen LogP contribution is 2.54. The van der Waals surface area contributed by atoms with E-state index in [1.54, 1.807) is 72.8 Å². The molecule has 0 aliphatic carbocycles. The summed E-state index contributed by atoms with van der Waals surface area (Å²) in [5.41, 5.74) is 1.71. The van der Waals surface area contributed by atoms with E-state index in [1.165, 1.54) is 9.47 Å². The normalized spacial score (nSPS) is 19.9. The SMILES string of the molecule is O=C(Cn1c2c(sc1=O)[C@@H](c1ccc(Cl)cc1)[C@H]1C(=O)N(c3ccc(Cl)cc3)C(=O)[C@H]1S2)Nc1ccc(Cl)cc1. The van der Waals surface area contributed by atoms with Gasteiger partial charge in [0.25, 0.3) is 0 Å². The Bertz CT molecular complexity index is 1700. The lowest BCUT2D eigenvalue weighted by atomic mass is 9.83. The first-order chi connectivity index (χ1) is 19.2. The van der Waals surface area contributed by atoms with Crippen molar-refractivity contribution in [2.45, 2.75) is 22.7 Å². The van der Waals surface area contributed by atoms with Crippen molar-refractivity contribution in [3.8, 4) is 0 Å². The summed E-state index contributed by atoms with van der Waals surface area (Å²) in [5, 5.41) is 4.01. The van der Waals surface area contributed by atoms with Crippen LogP contribution in [-0.4, -0.2) is 27.5 Å². The topological polar surface area (TPSA) is 88.5 Å². The van der Waals surface area contributed by atoms with Crippen LogP contribution in [0.5, 0.6) is 0 Å². The van der Waals surface area contributed by atoms with E-state index in [-0.39, 0.29) is 23.2 Å². The number of carbonyl (C=O) groups excluding carboxylic acids is 3. The molecule has 40 heavy (non-hydrogen) atoms. The highest BCUT2D eigenvalue weighted by Gasteiger charge is 2.56. The van der Waals surface area contributed by atoms with Gasteiger partial charge in [-0.2, -0.15) is 0 Å². The van der Waals surface area contributed by atoms with Gasteiger partial charge in [-0.3, -0.25) is 23.7 Å². The Kier molecular flexibility index (Phi) is 7.27. The number of rotatable bonds is 5. The van der Waals surface area contributed by atoms with E-state index < -0.39 is 23.0 Å². The van der Waals surface area contributed by atoms with Crippen LogP contribution in [0.25, 0.3) is 0 Å². The van der Waals surface area contributed by atoms with E-state index in [0.29, 0.717) is 36.3 Å². The number of thioether (sulfide) groups is 1. The van der Waals surface area contributed by atoms with Crippen molar-refractivity contribution in [3.63, 3.8) is 0 Å². The molecule has 1 aromatic heterocycles. The van der Waals surface area contributed by atoms with Gasteiger partial charge in [-0.05, 0) is 66.2 Å². The Labute approximate surface area is 251 Å². The molecule has 0 saturated carbocycles. The molecule has 3 amide bonds. The number of amides is 3. The zero-order valence-electron chi connectivity index (χ0n) is 20.3. The fraction of sp³-hybridized carbons (Fsp3) is 0.143. The minimum Gasteiger partial charge on any atom is -0.325 e. The molecule has 1 fully saturated rings. The second-order valence-corrected chi connectivity index (χ2v) is 12.7. The van der Waals surface area contributed by atoms with E-state index in [0.717, 1.165) is 28.7 Å². The molecule has 7 nitrogen and oxygen atoms in total. The number of hydrogen-bond donors (Lipinski definition) is 1. The molecular formula is C28H18Cl3N3O4S2. The Hall–Kier alpha value is -3.08. The highest BCUT2D eigenvalue weighted by atomic mass is 35.5. The third-order valence-electron chi connectivity index (χ3n) is 6.79. The highest BCUT2D eigenvalue weighted by molar-refractivity contribution is 8.00. The molecule has 4 aromatic rings. The number of aromatic nitrogens is 1. The Morgan fingerprint density at radius 3 is 2.00 bits per heavy atom. The molecule has 3 atom stereocenters. The predicted molar refractivity (Wildman–Crippen MR) is 159 cm³/mol. The lowest BCUT2D eigenvalue weighted by molar-refractivity contribution is -0.122. The maximum atomic E-state index is 13.9. The zero-order valence-corrected chi connectivity index (χ0v) is 24.2. The van der Waals surface area contributed by atoms with Crippen LogP contribution in [0.4, 0.5) is 11.4 Å². The first-order valence-corrected chi connectivity index (χ1v) is 14.9. The number of anilines is 2. The molecule has 2 aliphatic heterocycles.